The van der Waals surface area contributed by atoms with E-state index in [-0.39, 0.29) is 11.6 Å². The molecule has 90 valence electrons. The maximum absolute atomic E-state index is 6.01. The lowest BCUT2D eigenvalue weighted by atomic mass is 10.1. The number of nitrogens with two attached hydrogens (primary N) is 2. The van der Waals surface area contributed by atoms with E-state index in [1.54, 1.807) is 0 Å². The van der Waals surface area contributed by atoms with Gasteiger partial charge in [-0.05, 0) is 20.8 Å². The van der Waals surface area contributed by atoms with Gasteiger partial charge in [-0.2, -0.15) is 0 Å². The fourth-order valence-corrected chi connectivity index (χ4v) is 2.11. The number of hydrogen-bond acceptors (Lipinski definition) is 4. The van der Waals surface area contributed by atoms with Crippen LogP contribution in [0.1, 0.15) is 20.8 Å². The van der Waals surface area contributed by atoms with E-state index in [9.17, 15) is 0 Å². The number of hydrogen-bond donors (Lipinski definition) is 2. The lowest BCUT2D eigenvalue weighted by Gasteiger charge is -2.38. The topological polar surface area (TPSA) is 58.5 Å². The fraction of sp³-hybridized carbons (Fsp3) is 1.00. The Morgan fingerprint density at radius 1 is 1.13 bits per heavy atom. The molecule has 15 heavy (non-hydrogen) atoms. The molecular formula is C11H26N4. The van der Waals surface area contributed by atoms with Crippen molar-refractivity contribution in [3.8, 4) is 0 Å². The average molecular weight is 214 g/mol. The molecule has 1 unspecified atom stereocenters. The van der Waals surface area contributed by atoms with Gasteiger partial charge < -0.3 is 11.5 Å². The molecule has 4 nitrogen and oxygen atoms in total. The zero-order valence-corrected chi connectivity index (χ0v) is 10.4. The normalized spacial score (nSPS) is 23.0. The van der Waals surface area contributed by atoms with E-state index in [1.807, 2.05) is 0 Å². The highest BCUT2D eigenvalue weighted by atomic mass is 15.3. The Balaban J connectivity index is 2.24. The van der Waals surface area contributed by atoms with Crippen molar-refractivity contribution in [2.75, 3.05) is 39.3 Å². The Kier molecular flexibility index (Phi) is 4.52. The van der Waals surface area contributed by atoms with Gasteiger partial charge in [-0.15, -0.1) is 0 Å². The minimum atomic E-state index is -0.0800. The summed E-state index contributed by atoms with van der Waals surface area (Å²) >= 11 is 0. The molecule has 0 aromatic rings. The first-order valence-corrected chi connectivity index (χ1v) is 5.86. The van der Waals surface area contributed by atoms with Crippen molar-refractivity contribution in [3.05, 3.63) is 0 Å². The summed E-state index contributed by atoms with van der Waals surface area (Å²) in [5, 5.41) is 0. The molecule has 0 amide bonds. The molecule has 1 atom stereocenters. The molecule has 0 aliphatic carbocycles. The summed E-state index contributed by atoms with van der Waals surface area (Å²) in [7, 11) is 0. The van der Waals surface area contributed by atoms with Gasteiger partial charge >= 0.3 is 0 Å². The van der Waals surface area contributed by atoms with Crippen LogP contribution in [-0.2, 0) is 0 Å². The number of nitrogens with zero attached hydrogens (tertiary/aromatic N) is 2. The van der Waals surface area contributed by atoms with E-state index in [1.165, 1.54) is 0 Å². The number of piperazine rings is 1. The second-order valence-corrected chi connectivity index (χ2v) is 5.54. The molecule has 1 heterocycles. The molecule has 0 bridgehead atoms. The van der Waals surface area contributed by atoms with Crippen molar-refractivity contribution in [2.45, 2.75) is 32.4 Å². The van der Waals surface area contributed by atoms with Crippen LogP contribution in [0.3, 0.4) is 0 Å². The summed E-state index contributed by atoms with van der Waals surface area (Å²) in [6, 6.07) is 0.280. The van der Waals surface area contributed by atoms with Gasteiger partial charge in [0.2, 0.25) is 0 Å². The van der Waals surface area contributed by atoms with Gasteiger partial charge in [-0.25, -0.2) is 0 Å². The van der Waals surface area contributed by atoms with Crippen LogP contribution in [0.2, 0.25) is 0 Å². The molecule has 0 saturated carbocycles. The fourth-order valence-electron chi connectivity index (χ4n) is 2.11. The van der Waals surface area contributed by atoms with E-state index in [2.05, 4.69) is 30.6 Å². The first kappa shape index (κ1) is 12.9. The second-order valence-electron chi connectivity index (χ2n) is 5.54. The third kappa shape index (κ3) is 5.47. The Morgan fingerprint density at radius 3 is 2.00 bits per heavy atom. The van der Waals surface area contributed by atoms with Gasteiger partial charge in [0.05, 0.1) is 0 Å². The second kappa shape index (κ2) is 5.25. The molecule has 0 aromatic heterocycles. The SMILES string of the molecule is CC(N)CN1CCN(CC(C)(C)N)CC1. The summed E-state index contributed by atoms with van der Waals surface area (Å²) in [6.07, 6.45) is 0. The van der Waals surface area contributed by atoms with E-state index >= 15 is 0 Å². The standard InChI is InChI=1S/C11H26N4/c1-10(12)8-14-4-6-15(7-5-14)9-11(2,3)13/h10H,4-9,12-13H2,1-3H3. The van der Waals surface area contributed by atoms with Crippen LogP contribution in [-0.4, -0.2) is 60.6 Å². The molecular weight excluding hydrogens is 188 g/mol. The highest BCUT2D eigenvalue weighted by molar-refractivity contribution is 4.81. The zero-order valence-electron chi connectivity index (χ0n) is 10.4. The van der Waals surface area contributed by atoms with Gasteiger partial charge in [0, 0.05) is 50.8 Å². The summed E-state index contributed by atoms with van der Waals surface area (Å²) in [5.41, 5.74) is 11.7. The predicted molar refractivity (Wildman–Crippen MR) is 64.8 cm³/mol. The molecule has 1 fully saturated rings. The molecule has 1 saturated heterocycles. The molecule has 1 aliphatic heterocycles. The maximum Gasteiger partial charge on any atom is 0.0226 e. The highest BCUT2D eigenvalue weighted by Crippen LogP contribution is 2.06. The number of rotatable bonds is 4. The Hall–Kier alpha value is -0.160. The highest BCUT2D eigenvalue weighted by Gasteiger charge is 2.21. The monoisotopic (exact) mass is 214 g/mol. The molecule has 4 N–H and O–H groups in total. The minimum absolute atomic E-state index is 0.0800. The van der Waals surface area contributed by atoms with Crippen molar-refractivity contribution in [3.63, 3.8) is 0 Å². The van der Waals surface area contributed by atoms with Gasteiger partial charge in [0.15, 0.2) is 0 Å². The van der Waals surface area contributed by atoms with Crippen molar-refractivity contribution >= 4 is 0 Å². The molecule has 0 spiro atoms. The third-order valence-electron chi connectivity index (χ3n) is 2.64. The van der Waals surface area contributed by atoms with Crippen molar-refractivity contribution in [1.29, 1.82) is 0 Å². The van der Waals surface area contributed by atoms with Gasteiger partial charge in [-0.1, -0.05) is 0 Å². The van der Waals surface area contributed by atoms with Gasteiger partial charge in [-0.3, -0.25) is 9.80 Å². The Morgan fingerprint density at radius 2 is 1.60 bits per heavy atom. The molecule has 1 rings (SSSR count). The smallest absolute Gasteiger partial charge is 0.0226 e. The Labute approximate surface area is 93.6 Å². The first-order chi connectivity index (χ1) is 6.87. The Bertz CT molecular complexity index is 178. The van der Waals surface area contributed by atoms with E-state index in [0.717, 1.165) is 39.3 Å². The lowest BCUT2D eigenvalue weighted by molar-refractivity contribution is 0.113. The van der Waals surface area contributed by atoms with E-state index < -0.39 is 0 Å². The van der Waals surface area contributed by atoms with Crippen LogP contribution in [0.4, 0.5) is 0 Å². The molecule has 1 aliphatic rings. The zero-order chi connectivity index (χ0) is 11.5. The predicted octanol–water partition coefficient (Wildman–Crippen LogP) is -0.311. The molecule has 0 aromatic carbocycles. The first-order valence-electron chi connectivity index (χ1n) is 5.86. The van der Waals surface area contributed by atoms with Crippen LogP contribution in [0.15, 0.2) is 0 Å². The van der Waals surface area contributed by atoms with E-state index in [0.29, 0.717) is 0 Å². The largest absolute Gasteiger partial charge is 0.327 e. The van der Waals surface area contributed by atoms with Gasteiger partial charge in [0.1, 0.15) is 0 Å². The molecule has 0 radical (unpaired) electrons. The lowest BCUT2D eigenvalue weighted by Crippen LogP contribution is -2.54. The quantitative estimate of drug-likeness (QED) is 0.674. The van der Waals surface area contributed by atoms with Crippen LogP contribution < -0.4 is 11.5 Å². The van der Waals surface area contributed by atoms with Crippen LogP contribution in [0.25, 0.3) is 0 Å². The average Bonchev–Trinajstić information content (AvgIpc) is 2.05. The maximum atomic E-state index is 6.01. The van der Waals surface area contributed by atoms with Crippen LogP contribution >= 0.6 is 0 Å². The summed E-state index contributed by atoms with van der Waals surface area (Å²) in [5.74, 6) is 0. The summed E-state index contributed by atoms with van der Waals surface area (Å²) in [4.78, 5) is 4.88. The van der Waals surface area contributed by atoms with Gasteiger partial charge in [0.25, 0.3) is 0 Å². The van der Waals surface area contributed by atoms with E-state index in [4.69, 9.17) is 11.5 Å². The van der Waals surface area contributed by atoms with Crippen molar-refractivity contribution in [1.82, 2.24) is 9.80 Å². The summed E-state index contributed by atoms with van der Waals surface area (Å²) in [6.45, 7) is 12.7. The van der Waals surface area contributed by atoms with Crippen molar-refractivity contribution < 1.29 is 0 Å². The molecule has 4 heteroatoms. The van der Waals surface area contributed by atoms with Crippen LogP contribution in [0, 0.1) is 0 Å². The summed E-state index contributed by atoms with van der Waals surface area (Å²) < 4.78 is 0. The van der Waals surface area contributed by atoms with Crippen molar-refractivity contribution in [2.24, 2.45) is 11.5 Å². The third-order valence-corrected chi connectivity index (χ3v) is 2.64. The minimum Gasteiger partial charge on any atom is -0.327 e. The van der Waals surface area contributed by atoms with Crippen LogP contribution in [0.5, 0.6) is 0 Å².